The molecular weight excluding hydrogens is 399 g/mol. The number of halogens is 4. The summed E-state index contributed by atoms with van der Waals surface area (Å²) in [5.74, 6) is -0.557. The van der Waals surface area contributed by atoms with Crippen LogP contribution < -0.4 is 0 Å². The van der Waals surface area contributed by atoms with E-state index in [4.69, 9.17) is 0 Å². The molecule has 0 amide bonds. The molecule has 0 saturated heterocycles. The predicted octanol–water partition coefficient (Wildman–Crippen LogP) is 3.10. The first-order valence-electron chi connectivity index (χ1n) is 4.15. The number of nitrogens with zero attached hydrogens (tertiary/aromatic N) is 1. The van der Waals surface area contributed by atoms with Crippen LogP contribution in [0, 0.1) is 3.57 Å². The molecule has 0 aliphatic carbocycles. The Hall–Kier alpha value is -0.310. The molecule has 0 unspecified atom stereocenters. The van der Waals surface area contributed by atoms with Crippen molar-refractivity contribution in [3.05, 3.63) is 25.5 Å². The molecule has 0 aliphatic rings. The summed E-state index contributed by atoms with van der Waals surface area (Å²) in [6.45, 7) is 0. The molecule has 0 aromatic carbocycles. The lowest BCUT2D eigenvalue weighted by molar-refractivity contribution is -0.139. The van der Waals surface area contributed by atoms with E-state index in [1.165, 1.54) is 7.11 Å². The summed E-state index contributed by atoms with van der Waals surface area (Å²) in [5, 5.41) is 0. The molecule has 88 valence electrons. The van der Waals surface area contributed by atoms with E-state index in [-0.39, 0.29) is 17.5 Å². The molecule has 0 bridgehead atoms. The van der Waals surface area contributed by atoms with E-state index in [9.17, 15) is 13.6 Å². The number of aromatic nitrogens is 1. The van der Waals surface area contributed by atoms with Crippen LogP contribution in [0.4, 0.5) is 8.78 Å². The molecule has 1 heterocycles. The van der Waals surface area contributed by atoms with Crippen molar-refractivity contribution in [3.8, 4) is 0 Å². The number of hydrogen-bond acceptors (Lipinski definition) is 3. The highest BCUT2D eigenvalue weighted by atomic mass is 127. The number of methoxy groups -OCH3 is 1. The van der Waals surface area contributed by atoms with Crippen LogP contribution in [-0.2, 0) is 16.0 Å². The van der Waals surface area contributed by atoms with Crippen LogP contribution in [0.1, 0.15) is 17.6 Å². The maximum Gasteiger partial charge on any atom is 0.310 e. The lowest BCUT2D eigenvalue weighted by Gasteiger charge is -2.10. The Morgan fingerprint density at radius 2 is 2.31 bits per heavy atom. The second kappa shape index (κ2) is 5.85. The van der Waals surface area contributed by atoms with Crippen molar-refractivity contribution >= 4 is 44.5 Å². The van der Waals surface area contributed by atoms with Crippen molar-refractivity contribution < 1.29 is 18.3 Å². The van der Waals surface area contributed by atoms with Crippen molar-refractivity contribution in [2.24, 2.45) is 0 Å². The Kier molecular flexibility index (Phi) is 5.03. The highest BCUT2D eigenvalue weighted by Crippen LogP contribution is 2.30. The van der Waals surface area contributed by atoms with E-state index in [1.54, 1.807) is 0 Å². The van der Waals surface area contributed by atoms with Crippen LogP contribution in [0.25, 0.3) is 0 Å². The molecule has 0 radical (unpaired) electrons. The maximum atomic E-state index is 12.7. The van der Waals surface area contributed by atoms with Gasteiger partial charge in [0.15, 0.2) is 0 Å². The molecule has 0 saturated carbocycles. The van der Waals surface area contributed by atoms with Crippen molar-refractivity contribution in [2.45, 2.75) is 12.8 Å². The summed E-state index contributed by atoms with van der Waals surface area (Å²) in [7, 11) is 1.22. The third kappa shape index (κ3) is 3.09. The molecule has 0 atom stereocenters. The van der Waals surface area contributed by atoms with Crippen molar-refractivity contribution in [2.75, 3.05) is 7.11 Å². The zero-order valence-electron chi connectivity index (χ0n) is 8.14. The van der Waals surface area contributed by atoms with Gasteiger partial charge in [-0.2, -0.15) is 0 Å². The van der Waals surface area contributed by atoms with Crippen LogP contribution in [0.2, 0.25) is 0 Å². The SMILES string of the molecule is COC(=O)Cc1c(C(F)F)cnc(Br)c1I. The third-order valence-electron chi connectivity index (χ3n) is 1.90. The summed E-state index contributed by atoms with van der Waals surface area (Å²) in [6, 6.07) is 0. The van der Waals surface area contributed by atoms with Gasteiger partial charge in [-0.15, -0.1) is 0 Å². The zero-order valence-corrected chi connectivity index (χ0v) is 11.9. The fourth-order valence-corrected chi connectivity index (χ4v) is 2.08. The normalized spacial score (nSPS) is 10.6. The molecule has 3 nitrogen and oxygen atoms in total. The number of carbonyl (C=O) groups excluding carboxylic acids is 1. The second-order valence-electron chi connectivity index (χ2n) is 2.85. The van der Waals surface area contributed by atoms with E-state index in [0.717, 1.165) is 6.20 Å². The topological polar surface area (TPSA) is 39.2 Å². The number of pyridine rings is 1. The number of hydrogen-bond donors (Lipinski definition) is 0. The van der Waals surface area contributed by atoms with Crippen LogP contribution in [0.5, 0.6) is 0 Å². The summed E-state index contributed by atoms with van der Waals surface area (Å²) in [5.41, 5.74) is 0.0160. The minimum Gasteiger partial charge on any atom is -0.469 e. The van der Waals surface area contributed by atoms with Gasteiger partial charge in [-0.3, -0.25) is 4.79 Å². The summed E-state index contributed by atoms with van der Waals surface area (Å²) in [6.07, 6.45) is -1.78. The minimum absolute atomic E-state index is 0.185. The zero-order chi connectivity index (χ0) is 12.3. The predicted molar refractivity (Wildman–Crippen MR) is 65.3 cm³/mol. The fraction of sp³-hybridized carbons (Fsp3) is 0.333. The Morgan fingerprint density at radius 1 is 1.69 bits per heavy atom. The highest BCUT2D eigenvalue weighted by Gasteiger charge is 2.20. The molecule has 1 aromatic heterocycles. The maximum absolute atomic E-state index is 12.7. The van der Waals surface area contributed by atoms with Crippen molar-refractivity contribution in [1.29, 1.82) is 0 Å². The first-order valence-corrected chi connectivity index (χ1v) is 6.02. The Balaban J connectivity index is 3.20. The van der Waals surface area contributed by atoms with Gasteiger partial charge in [0, 0.05) is 11.8 Å². The average molecular weight is 406 g/mol. The standard InChI is InChI=1S/C9H7BrF2INO2/c1-16-6(15)2-4-5(9(11)12)3-14-8(10)7(4)13/h3,9H,2H2,1H3. The molecule has 1 rings (SSSR count). The largest absolute Gasteiger partial charge is 0.469 e. The van der Waals surface area contributed by atoms with E-state index in [1.807, 2.05) is 22.6 Å². The van der Waals surface area contributed by atoms with Crippen molar-refractivity contribution in [3.63, 3.8) is 0 Å². The molecule has 1 aromatic rings. The van der Waals surface area contributed by atoms with E-state index in [0.29, 0.717) is 8.17 Å². The highest BCUT2D eigenvalue weighted by molar-refractivity contribution is 14.1. The van der Waals surface area contributed by atoms with E-state index < -0.39 is 12.4 Å². The number of rotatable bonds is 3. The Morgan fingerprint density at radius 3 is 2.81 bits per heavy atom. The van der Waals surface area contributed by atoms with Gasteiger partial charge in [-0.05, 0) is 44.1 Å². The molecule has 0 N–H and O–H groups in total. The van der Waals surface area contributed by atoms with E-state index in [2.05, 4.69) is 25.7 Å². The average Bonchev–Trinajstić information content (AvgIpc) is 2.24. The van der Waals surface area contributed by atoms with Gasteiger partial charge >= 0.3 is 5.97 Å². The van der Waals surface area contributed by atoms with Crippen LogP contribution in [0.3, 0.4) is 0 Å². The van der Waals surface area contributed by atoms with Crippen LogP contribution >= 0.6 is 38.5 Å². The van der Waals surface area contributed by atoms with Crippen molar-refractivity contribution in [1.82, 2.24) is 4.98 Å². The number of esters is 1. The number of carbonyl (C=O) groups is 1. The third-order valence-corrected chi connectivity index (χ3v) is 4.40. The lowest BCUT2D eigenvalue weighted by atomic mass is 10.1. The summed E-state index contributed by atoms with van der Waals surface area (Å²) in [4.78, 5) is 14.9. The van der Waals surface area contributed by atoms with E-state index >= 15 is 0 Å². The smallest absolute Gasteiger partial charge is 0.310 e. The molecule has 16 heavy (non-hydrogen) atoms. The van der Waals surface area contributed by atoms with Gasteiger partial charge in [0.1, 0.15) is 4.60 Å². The van der Waals surface area contributed by atoms with Gasteiger partial charge in [-0.25, -0.2) is 13.8 Å². The van der Waals surface area contributed by atoms with Gasteiger partial charge in [-0.1, -0.05) is 0 Å². The van der Waals surface area contributed by atoms with Crippen LogP contribution in [0.15, 0.2) is 10.8 Å². The van der Waals surface area contributed by atoms with Gasteiger partial charge in [0.2, 0.25) is 0 Å². The first-order chi connectivity index (χ1) is 7.47. The molecule has 0 aliphatic heterocycles. The molecule has 0 spiro atoms. The second-order valence-corrected chi connectivity index (χ2v) is 4.68. The molecule has 0 fully saturated rings. The van der Waals surface area contributed by atoms with Crippen LogP contribution in [-0.4, -0.2) is 18.1 Å². The fourth-order valence-electron chi connectivity index (χ4n) is 1.10. The Bertz CT molecular complexity index is 415. The monoisotopic (exact) mass is 405 g/mol. The lowest BCUT2D eigenvalue weighted by Crippen LogP contribution is -2.10. The summed E-state index contributed by atoms with van der Waals surface area (Å²) < 4.78 is 30.8. The molecular formula is C9H7BrF2INO2. The first kappa shape index (κ1) is 13.8. The van der Waals surface area contributed by atoms with Gasteiger partial charge in [0.05, 0.1) is 17.1 Å². The quantitative estimate of drug-likeness (QED) is 0.440. The number of alkyl halides is 2. The summed E-state index contributed by atoms with van der Waals surface area (Å²) >= 11 is 4.99. The van der Waals surface area contributed by atoms with Gasteiger partial charge < -0.3 is 4.74 Å². The van der Waals surface area contributed by atoms with Gasteiger partial charge in [0.25, 0.3) is 6.43 Å². The molecule has 7 heteroatoms. The number of ether oxygens (including phenoxy) is 1. The Labute approximate surface area is 113 Å². The minimum atomic E-state index is -2.66.